The zero-order valence-electron chi connectivity index (χ0n) is 8.77. The molecule has 0 fully saturated rings. The Labute approximate surface area is 89.0 Å². The minimum absolute atomic E-state index is 0.489. The molecule has 0 radical (unpaired) electrons. The van der Waals surface area contributed by atoms with Gasteiger partial charge in [-0.15, -0.1) is 0 Å². The minimum Gasteiger partial charge on any atom is -0.465 e. The molecule has 0 amide bonds. The Morgan fingerprint density at radius 1 is 1.44 bits per heavy atom. The summed E-state index contributed by atoms with van der Waals surface area (Å²) in [5, 5.41) is 0. The van der Waals surface area contributed by atoms with Gasteiger partial charge in [0.2, 0.25) is 5.60 Å². The first-order chi connectivity index (χ1) is 7.15. The molecule has 0 N–H and O–H groups in total. The number of cyclic esters (lactones) is 1. The van der Waals surface area contributed by atoms with Crippen molar-refractivity contribution in [2.45, 2.75) is 25.6 Å². The number of ether oxygens (including phenoxy) is 2. The molecular weight excluding hydrogens is 229 g/mol. The smallest absolute Gasteiger partial charge is 0.432 e. The summed E-state index contributed by atoms with van der Waals surface area (Å²) in [5.74, 6) is -2.44. The van der Waals surface area contributed by atoms with E-state index in [0.29, 0.717) is 6.92 Å². The third-order valence-corrected chi connectivity index (χ3v) is 2.52. The normalized spacial score (nSPS) is 25.8. The van der Waals surface area contributed by atoms with Crippen LogP contribution in [-0.4, -0.2) is 30.8 Å². The average molecular weight is 238 g/mol. The molecule has 7 heteroatoms. The minimum atomic E-state index is -4.78. The number of hydrogen-bond donors (Lipinski definition) is 0. The van der Waals surface area contributed by atoms with Crippen LogP contribution in [0.15, 0.2) is 11.1 Å². The lowest BCUT2D eigenvalue weighted by atomic mass is 9.95. The van der Waals surface area contributed by atoms with Crippen LogP contribution in [-0.2, 0) is 19.1 Å². The van der Waals surface area contributed by atoms with Crippen molar-refractivity contribution in [2.24, 2.45) is 0 Å². The third kappa shape index (κ3) is 1.56. The molecule has 1 atom stereocenters. The summed E-state index contributed by atoms with van der Waals surface area (Å²) in [6, 6.07) is 0. The molecule has 1 aliphatic rings. The summed E-state index contributed by atoms with van der Waals surface area (Å²) in [7, 11) is 0.971. The van der Waals surface area contributed by atoms with Crippen LogP contribution in [0.2, 0.25) is 0 Å². The largest absolute Gasteiger partial charge is 0.465 e. The van der Waals surface area contributed by atoms with Crippen LogP contribution >= 0.6 is 0 Å². The van der Waals surface area contributed by atoms with Crippen molar-refractivity contribution in [3.05, 3.63) is 11.1 Å². The average Bonchev–Trinajstić information content (AvgIpc) is 2.37. The van der Waals surface area contributed by atoms with Crippen molar-refractivity contribution < 1.29 is 32.2 Å². The fourth-order valence-electron chi connectivity index (χ4n) is 1.31. The fourth-order valence-corrected chi connectivity index (χ4v) is 1.31. The lowest BCUT2D eigenvalue weighted by Gasteiger charge is -2.27. The first kappa shape index (κ1) is 12.5. The molecule has 1 aliphatic heterocycles. The van der Waals surface area contributed by atoms with Gasteiger partial charge in [0.1, 0.15) is 5.57 Å². The van der Waals surface area contributed by atoms with E-state index in [1.54, 1.807) is 0 Å². The van der Waals surface area contributed by atoms with Crippen molar-refractivity contribution in [1.29, 1.82) is 0 Å². The molecule has 0 spiro atoms. The van der Waals surface area contributed by atoms with Crippen molar-refractivity contribution in [3.63, 3.8) is 0 Å². The number of rotatable bonds is 1. The second kappa shape index (κ2) is 3.50. The summed E-state index contributed by atoms with van der Waals surface area (Å²) >= 11 is 0. The van der Waals surface area contributed by atoms with Gasteiger partial charge in [-0.05, 0) is 13.8 Å². The number of hydrogen-bond acceptors (Lipinski definition) is 4. The van der Waals surface area contributed by atoms with Gasteiger partial charge in [0.15, 0.2) is 0 Å². The second-order valence-electron chi connectivity index (χ2n) is 3.41. The molecule has 0 aromatic heterocycles. The summed E-state index contributed by atoms with van der Waals surface area (Å²) in [6.07, 6.45) is -4.78. The summed E-state index contributed by atoms with van der Waals surface area (Å²) in [4.78, 5) is 22.3. The Morgan fingerprint density at radius 3 is 2.25 bits per heavy atom. The molecule has 0 aliphatic carbocycles. The zero-order valence-corrected chi connectivity index (χ0v) is 8.77. The first-order valence-electron chi connectivity index (χ1n) is 4.25. The van der Waals surface area contributed by atoms with Crippen LogP contribution in [0.1, 0.15) is 13.8 Å². The lowest BCUT2D eigenvalue weighted by Crippen LogP contribution is -2.43. The molecule has 1 heterocycles. The van der Waals surface area contributed by atoms with Gasteiger partial charge in [0.05, 0.1) is 7.11 Å². The fraction of sp³-hybridized carbons (Fsp3) is 0.556. The monoisotopic (exact) mass is 238 g/mol. The molecule has 0 aromatic carbocycles. The Hall–Kier alpha value is -1.53. The van der Waals surface area contributed by atoms with Crippen LogP contribution in [0, 0.1) is 0 Å². The third-order valence-electron chi connectivity index (χ3n) is 2.52. The summed E-state index contributed by atoms with van der Waals surface area (Å²) in [6.45, 7) is 1.71. The maximum absolute atomic E-state index is 12.6. The summed E-state index contributed by atoms with van der Waals surface area (Å²) < 4.78 is 46.4. The van der Waals surface area contributed by atoms with Gasteiger partial charge in [0.25, 0.3) is 0 Å². The highest BCUT2D eigenvalue weighted by Gasteiger charge is 2.61. The maximum atomic E-state index is 12.6. The van der Waals surface area contributed by atoms with Crippen molar-refractivity contribution >= 4 is 11.9 Å². The van der Waals surface area contributed by atoms with Gasteiger partial charge in [-0.3, -0.25) is 0 Å². The highest BCUT2D eigenvalue weighted by atomic mass is 19.4. The van der Waals surface area contributed by atoms with Crippen LogP contribution in [0.5, 0.6) is 0 Å². The molecule has 16 heavy (non-hydrogen) atoms. The van der Waals surface area contributed by atoms with E-state index in [9.17, 15) is 22.8 Å². The molecule has 1 rings (SSSR count). The highest BCUT2D eigenvalue weighted by Crippen LogP contribution is 2.44. The summed E-state index contributed by atoms with van der Waals surface area (Å²) in [5.41, 5.74) is -3.94. The number of alkyl halides is 3. The molecule has 0 unspecified atom stereocenters. The van der Waals surface area contributed by atoms with E-state index in [0.717, 1.165) is 14.0 Å². The van der Waals surface area contributed by atoms with Gasteiger partial charge in [-0.2, -0.15) is 13.2 Å². The Morgan fingerprint density at radius 2 is 1.94 bits per heavy atom. The predicted octanol–water partition coefficient (Wildman–Crippen LogP) is 1.35. The topological polar surface area (TPSA) is 52.6 Å². The maximum Gasteiger partial charge on any atom is 0.432 e. The van der Waals surface area contributed by atoms with Gasteiger partial charge in [0, 0.05) is 5.57 Å². The molecule has 0 saturated carbocycles. The molecule has 0 saturated heterocycles. The number of carbonyl (C=O) groups is 2. The first-order valence-corrected chi connectivity index (χ1v) is 4.25. The van der Waals surface area contributed by atoms with E-state index in [1.807, 2.05) is 0 Å². The number of carbonyl (C=O) groups excluding carboxylic acids is 2. The van der Waals surface area contributed by atoms with Crippen molar-refractivity contribution in [3.8, 4) is 0 Å². The standard InChI is InChI=1S/C9H9F3O4/c1-4-5(6(13)15-3)7(14)16-8(4,2)9(10,11)12/h1-3H3/t8-/m1/s1. The van der Waals surface area contributed by atoms with E-state index in [1.165, 1.54) is 0 Å². The van der Waals surface area contributed by atoms with Gasteiger partial charge >= 0.3 is 18.1 Å². The highest BCUT2D eigenvalue weighted by molar-refractivity contribution is 6.16. The van der Waals surface area contributed by atoms with E-state index in [4.69, 9.17) is 0 Å². The second-order valence-corrected chi connectivity index (χ2v) is 3.41. The number of esters is 2. The van der Waals surface area contributed by atoms with Gasteiger partial charge < -0.3 is 9.47 Å². The number of methoxy groups -OCH3 is 1. The molecule has 0 aromatic rings. The van der Waals surface area contributed by atoms with Crippen LogP contribution < -0.4 is 0 Å². The van der Waals surface area contributed by atoms with E-state index >= 15 is 0 Å². The quantitative estimate of drug-likeness (QED) is 0.511. The predicted molar refractivity (Wildman–Crippen MR) is 45.3 cm³/mol. The van der Waals surface area contributed by atoms with Crippen LogP contribution in [0.25, 0.3) is 0 Å². The van der Waals surface area contributed by atoms with Crippen molar-refractivity contribution in [2.75, 3.05) is 7.11 Å². The molecule has 4 nitrogen and oxygen atoms in total. The molecule has 0 bridgehead atoms. The zero-order chi connectivity index (χ0) is 12.7. The molecule has 90 valence electrons. The van der Waals surface area contributed by atoms with Crippen LogP contribution in [0.4, 0.5) is 13.2 Å². The SMILES string of the molecule is COC(=O)C1=C(C)[C@](C)(C(F)(F)F)OC1=O. The Balaban J connectivity index is 3.30. The van der Waals surface area contributed by atoms with Gasteiger partial charge in [-0.25, -0.2) is 9.59 Å². The van der Waals surface area contributed by atoms with E-state index in [-0.39, 0.29) is 0 Å². The Bertz CT molecular complexity index is 383. The Kier molecular flexibility index (Phi) is 2.74. The van der Waals surface area contributed by atoms with Gasteiger partial charge in [-0.1, -0.05) is 0 Å². The van der Waals surface area contributed by atoms with Crippen LogP contribution in [0.3, 0.4) is 0 Å². The van der Waals surface area contributed by atoms with E-state index < -0.39 is 34.9 Å². The molecular formula is C9H9F3O4. The lowest BCUT2D eigenvalue weighted by molar-refractivity contribution is -0.242. The van der Waals surface area contributed by atoms with Crippen molar-refractivity contribution in [1.82, 2.24) is 0 Å². The van der Waals surface area contributed by atoms with E-state index in [2.05, 4.69) is 9.47 Å². The number of halogens is 3.